The highest BCUT2D eigenvalue weighted by molar-refractivity contribution is 7.98. The van der Waals surface area contributed by atoms with Gasteiger partial charge in [-0.15, -0.1) is 0 Å². The quantitative estimate of drug-likeness (QED) is 0.788. The first-order valence-corrected chi connectivity index (χ1v) is 9.61. The Morgan fingerprint density at radius 2 is 1.65 bits per heavy atom. The highest BCUT2D eigenvalue weighted by Crippen LogP contribution is 2.32. The highest BCUT2D eigenvalue weighted by Gasteiger charge is 2.32. The molecule has 1 aliphatic rings. The van der Waals surface area contributed by atoms with E-state index in [1.54, 1.807) is 0 Å². The van der Waals surface area contributed by atoms with Crippen molar-refractivity contribution in [3.8, 4) is 0 Å². The minimum Gasteiger partial charge on any atom is -0.330 e. The molecule has 0 unspecified atom stereocenters. The average Bonchev–Trinajstić information content (AvgIpc) is 3.04. The molecule has 0 amide bonds. The summed E-state index contributed by atoms with van der Waals surface area (Å²) in [6.45, 7) is 4.24. The third-order valence-electron chi connectivity index (χ3n) is 4.71. The molecule has 0 spiro atoms. The first-order chi connectivity index (χ1) is 11.4. The Labute approximate surface area is 144 Å². The fraction of sp³-hybridized carbons (Fsp3) is 0.400. The molecule has 1 saturated heterocycles. The molecule has 122 valence electrons. The van der Waals surface area contributed by atoms with E-state index in [1.807, 2.05) is 11.8 Å². The zero-order valence-electron chi connectivity index (χ0n) is 13.6. The Morgan fingerprint density at radius 1 is 0.957 bits per heavy atom. The predicted molar refractivity (Wildman–Crippen MR) is 101 cm³/mol. The van der Waals surface area contributed by atoms with E-state index in [0.717, 1.165) is 31.9 Å². The molecule has 3 heteroatoms. The maximum Gasteiger partial charge on any atom is 0.0185 e. The van der Waals surface area contributed by atoms with Crippen LogP contribution in [0.5, 0.6) is 0 Å². The fourth-order valence-electron chi connectivity index (χ4n) is 3.42. The van der Waals surface area contributed by atoms with Crippen LogP contribution in [0.3, 0.4) is 0 Å². The summed E-state index contributed by atoms with van der Waals surface area (Å²) in [7, 11) is 0. The molecular formula is C20H26N2S. The van der Waals surface area contributed by atoms with Gasteiger partial charge in [0.1, 0.15) is 0 Å². The second-order valence-electron chi connectivity index (χ2n) is 6.31. The Morgan fingerprint density at radius 3 is 2.35 bits per heavy atom. The smallest absolute Gasteiger partial charge is 0.0185 e. The monoisotopic (exact) mass is 326 g/mol. The van der Waals surface area contributed by atoms with E-state index in [-0.39, 0.29) is 0 Å². The largest absolute Gasteiger partial charge is 0.330 e. The number of benzene rings is 2. The van der Waals surface area contributed by atoms with Gasteiger partial charge < -0.3 is 10.6 Å². The topological polar surface area (TPSA) is 29.3 Å². The number of hydrogen-bond donors (Lipinski definition) is 1. The lowest BCUT2D eigenvalue weighted by Gasteiger charge is -2.16. The van der Waals surface area contributed by atoms with Crippen molar-refractivity contribution in [1.29, 1.82) is 0 Å². The summed E-state index contributed by atoms with van der Waals surface area (Å²) in [4.78, 5) is 2.59. The van der Waals surface area contributed by atoms with Gasteiger partial charge in [-0.05, 0) is 23.6 Å². The van der Waals surface area contributed by atoms with Crippen molar-refractivity contribution in [3.63, 3.8) is 0 Å². The summed E-state index contributed by atoms with van der Waals surface area (Å²) in [5, 5.41) is 0. The average molecular weight is 327 g/mol. The van der Waals surface area contributed by atoms with Crippen LogP contribution in [0.25, 0.3) is 0 Å². The van der Waals surface area contributed by atoms with Crippen molar-refractivity contribution in [2.24, 2.45) is 11.7 Å². The Hall–Kier alpha value is -1.29. The molecular weight excluding hydrogens is 300 g/mol. The number of thioether (sulfide) groups is 1. The maximum absolute atomic E-state index is 6.02. The highest BCUT2D eigenvalue weighted by atomic mass is 32.2. The van der Waals surface area contributed by atoms with E-state index < -0.39 is 0 Å². The Bertz CT molecular complexity index is 573. The summed E-state index contributed by atoms with van der Waals surface area (Å²) < 4.78 is 0. The maximum atomic E-state index is 6.02. The summed E-state index contributed by atoms with van der Waals surface area (Å²) in [5.41, 5.74) is 8.89. The van der Waals surface area contributed by atoms with Crippen molar-refractivity contribution in [3.05, 3.63) is 71.8 Å². The van der Waals surface area contributed by atoms with Gasteiger partial charge in [0.15, 0.2) is 0 Å². The molecule has 2 aromatic rings. The predicted octanol–water partition coefficient (Wildman–Crippen LogP) is 3.59. The number of hydrogen-bond acceptors (Lipinski definition) is 3. The molecule has 1 aliphatic heterocycles. The minimum absolute atomic E-state index is 0.594. The Balaban J connectivity index is 1.46. The lowest BCUT2D eigenvalue weighted by molar-refractivity contribution is 0.345. The van der Waals surface area contributed by atoms with Crippen molar-refractivity contribution in [2.45, 2.75) is 11.7 Å². The van der Waals surface area contributed by atoms with E-state index >= 15 is 0 Å². The molecule has 1 heterocycles. The van der Waals surface area contributed by atoms with Crippen LogP contribution in [0.4, 0.5) is 0 Å². The third-order valence-corrected chi connectivity index (χ3v) is 5.72. The normalized spacial score (nSPS) is 21.6. The summed E-state index contributed by atoms with van der Waals surface area (Å²) in [5.74, 6) is 3.49. The van der Waals surface area contributed by atoms with Crippen LogP contribution in [0.2, 0.25) is 0 Å². The van der Waals surface area contributed by atoms with E-state index in [1.165, 1.54) is 16.9 Å². The van der Waals surface area contributed by atoms with Gasteiger partial charge in [-0.3, -0.25) is 0 Å². The molecule has 2 nitrogen and oxygen atoms in total. The lowest BCUT2D eigenvalue weighted by atomic mass is 9.89. The van der Waals surface area contributed by atoms with Gasteiger partial charge in [0, 0.05) is 37.1 Å². The van der Waals surface area contributed by atoms with Crippen molar-refractivity contribution < 1.29 is 0 Å². The van der Waals surface area contributed by atoms with Crippen LogP contribution in [0.1, 0.15) is 17.0 Å². The van der Waals surface area contributed by atoms with Gasteiger partial charge in [0.25, 0.3) is 0 Å². The molecule has 2 N–H and O–H groups in total. The van der Waals surface area contributed by atoms with Crippen LogP contribution < -0.4 is 5.73 Å². The first-order valence-electron chi connectivity index (χ1n) is 8.46. The molecule has 0 aliphatic carbocycles. The van der Waals surface area contributed by atoms with Crippen molar-refractivity contribution in [1.82, 2.24) is 4.90 Å². The number of rotatable bonds is 7. The fourth-order valence-corrected chi connectivity index (χ4v) is 4.38. The zero-order valence-corrected chi connectivity index (χ0v) is 14.4. The molecule has 0 aromatic heterocycles. The molecule has 0 radical (unpaired) electrons. The summed E-state index contributed by atoms with van der Waals surface area (Å²) in [6.07, 6.45) is 0. The zero-order chi connectivity index (χ0) is 15.9. The number of likely N-dealkylation sites (tertiary alicyclic amines) is 1. The van der Waals surface area contributed by atoms with Crippen LogP contribution in [0, 0.1) is 5.92 Å². The molecule has 2 atom stereocenters. The minimum atomic E-state index is 0.594. The SMILES string of the molecule is NC[C@@H]1CN(CCSCc2ccccc2)C[C@H]1c1ccccc1. The molecule has 1 fully saturated rings. The van der Waals surface area contributed by atoms with Crippen LogP contribution in [-0.4, -0.2) is 36.8 Å². The molecule has 2 aromatic carbocycles. The van der Waals surface area contributed by atoms with Crippen LogP contribution >= 0.6 is 11.8 Å². The second-order valence-corrected chi connectivity index (χ2v) is 7.42. The van der Waals surface area contributed by atoms with Gasteiger partial charge in [-0.25, -0.2) is 0 Å². The van der Waals surface area contributed by atoms with Crippen LogP contribution in [-0.2, 0) is 5.75 Å². The number of nitrogens with zero attached hydrogens (tertiary/aromatic N) is 1. The summed E-state index contributed by atoms with van der Waals surface area (Å²) >= 11 is 2.03. The summed E-state index contributed by atoms with van der Waals surface area (Å²) in [6, 6.07) is 21.6. The van der Waals surface area contributed by atoms with Crippen molar-refractivity contribution >= 4 is 11.8 Å². The molecule has 23 heavy (non-hydrogen) atoms. The Kier molecular flexibility index (Phi) is 6.14. The lowest BCUT2D eigenvalue weighted by Crippen LogP contribution is -2.25. The van der Waals surface area contributed by atoms with Gasteiger partial charge in [0.05, 0.1) is 0 Å². The molecule has 0 saturated carbocycles. The van der Waals surface area contributed by atoms with Gasteiger partial charge >= 0.3 is 0 Å². The van der Waals surface area contributed by atoms with E-state index in [9.17, 15) is 0 Å². The van der Waals surface area contributed by atoms with Gasteiger partial charge in [-0.1, -0.05) is 60.7 Å². The first kappa shape index (κ1) is 16.6. The van der Waals surface area contributed by atoms with Gasteiger partial charge in [0.2, 0.25) is 0 Å². The van der Waals surface area contributed by atoms with E-state index in [0.29, 0.717) is 11.8 Å². The van der Waals surface area contributed by atoms with Crippen LogP contribution in [0.15, 0.2) is 60.7 Å². The third kappa shape index (κ3) is 4.60. The van der Waals surface area contributed by atoms with E-state index in [2.05, 4.69) is 65.6 Å². The number of nitrogens with two attached hydrogens (primary N) is 1. The molecule has 0 bridgehead atoms. The second kappa shape index (κ2) is 8.53. The standard InChI is InChI=1S/C20H26N2S/c21-13-19-14-22(15-20(19)18-9-5-2-6-10-18)11-12-23-16-17-7-3-1-4-8-17/h1-10,19-20H,11-16,21H2/t19-,20+/m1/s1. The van der Waals surface area contributed by atoms with Crippen molar-refractivity contribution in [2.75, 3.05) is 31.9 Å². The molecule has 3 rings (SSSR count). The van der Waals surface area contributed by atoms with Gasteiger partial charge in [-0.2, -0.15) is 11.8 Å². The van der Waals surface area contributed by atoms with E-state index in [4.69, 9.17) is 5.73 Å².